The Bertz CT molecular complexity index is 1530. The van der Waals surface area contributed by atoms with E-state index in [4.69, 9.17) is 15.7 Å². The van der Waals surface area contributed by atoms with E-state index in [-0.39, 0.29) is 34.0 Å². The zero-order valence-corrected chi connectivity index (χ0v) is 18.4. The quantitative estimate of drug-likeness (QED) is 0.394. The van der Waals surface area contributed by atoms with Crippen LogP contribution in [-0.4, -0.2) is 32.0 Å². The van der Waals surface area contributed by atoms with Crippen LogP contribution in [0.3, 0.4) is 0 Å². The number of fused-ring (bicyclic) bond motifs is 1. The number of anilines is 4. The highest BCUT2D eigenvalue weighted by molar-refractivity contribution is 6.35. The van der Waals surface area contributed by atoms with Crippen LogP contribution < -0.4 is 21.5 Å². The molecule has 0 spiro atoms. The molecule has 0 saturated heterocycles. The van der Waals surface area contributed by atoms with Gasteiger partial charge in [-0.1, -0.05) is 11.6 Å². The zero-order chi connectivity index (χ0) is 26.2. The minimum absolute atomic E-state index is 0.0481. The minimum atomic E-state index is -2.74. The molecule has 1 amide bonds. The van der Waals surface area contributed by atoms with Gasteiger partial charge < -0.3 is 25.1 Å². The molecule has 4 aromatic heterocycles. The van der Waals surface area contributed by atoms with Gasteiger partial charge in [0, 0.05) is 49.3 Å². The first-order valence-electron chi connectivity index (χ1n) is 11.3. The summed E-state index contributed by atoms with van der Waals surface area (Å²) in [5.74, 6) is -1.13. The second kappa shape index (κ2) is 8.91. The van der Waals surface area contributed by atoms with Crippen LogP contribution in [0.15, 0.2) is 47.7 Å². The van der Waals surface area contributed by atoms with Gasteiger partial charge >= 0.3 is 0 Å². The lowest BCUT2D eigenvalue weighted by Gasteiger charge is -2.13. The van der Waals surface area contributed by atoms with Crippen LogP contribution in [0.5, 0.6) is 0 Å². The van der Waals surface area contributed by atoms with Crippen molar-refractivity contribution in [3.63, 3.8) is 0 Å². The molecule has 3 N–H and O–H groups in total. The number of halogens is 2. The molecule has 0 saturated carbocycles. The van der Waals surface area contributed by atoms with Gasteiger partial charge in [-0.2, -0.15) is 0 Å². The summed E-state index contributed by atoms with van der Waals surface area (Å²) in [4.78, 5) is 34.2. The molecule has 4 aromatic rings. The normalized spacial score (nSPS) is 12.7. The van der Waals surface area contributed by atoms with Crippen molar-refractivity contribution in [2.24, 2.45) is 7.05 Å². The van der Waals surface area contributed by atoms with Crippen LogP contribution in [0.4, 0.5) is 27.5 Å². The molecule has 33 heavy (non-hydrogen) atoms. The molecule has 0 radical (unpaired) electrons. The number of aryl methyl sites for hydroxylation is 2. The Morgan fingerprint density at radius 2 is 2.06 bits per heavy atom. The highest BCUT2D eigenvalue weighted by atomic mass is 35.5. The molecule has 0 aliphatic heterocycles. The number of aromatic nitrogens is 4. The summed E-state index contributed by atoms with van der Waals surface area (Å²) in [5.41, 5.74) is 0.365. The maximum absolute atomic E-state index is 13.6. The van der Waals surface area contributed by atoms with Gasteiger partial charge in [0.15, 0.2) is 0 Å². The highest BCUT2D eigenvalue weighted by Gasteiger charge is 2.19. The summed E-state index contributed by atoms with van der Waals surface area (Å²) in [6.45, 7) is -0.556. The number of carbonyl (C=O) groups excluding carboxylic acids is 1. The van der Waals surface area contributed by atoms with E-state index in [0.29, 0.717) is 22.8 Å². The van der Waals surface area contributed by atoms with Crippen LogP contribution in [0, 0.1) is 5.82 Å². The highest BCUT2D eigenvalue weighted by Crippen LogP contribution is 2.31. The van der Waals surface area contributed by atoms with Crippen molar-refractivity contribution in [1.29, 1.82) is 0 Å². The van der Waals surface area contributed by atoms with Crippen molar-refractivity contribution in [3.05, 3.63) is 69.6 Å². The van der Waals surface area contributed by atoms with Crippen molar-refractivity contribution in [3.8, 4) is 0 Å². The SMILES string of the molecule is [2H]C([2H])([2H])NC(=O)c1ccc(Nc2cc(F)ccn2)nc1Nc1cn(C)c2c(Cl)cn(CC)c(=O)c12. The third kappa shape index (κ3) is 4.24. The number of pyridine rings is 3. The van der Waals surface area contributed by atoms with Gasteiger partial charge in [-0.05, 0) is 25.1 Å². The molecule has 0 fully saturated rings. The van der Waals surface area contributed by atoms with Crippen molar-refractivity contribution >= 4 is 51.6 Å². The number of nitrogens with one attached hydrogen (secondary N) is 3. The second-order valence-electron chi connectivity index (χ2n) is 7.10. The first-order valence-corrected chi connectivity index (χ1v) is 10.2. The van der Waals surface area contributed by atoms with E-state index in [1.807, 2.05) is 5.32 Å². The fraction of sp³-hybridized carbons (Fsp3) is 0.182. The van der Waals surface area contributed by atoms with Crippen molar-refractivity contribution in [1.82, 2.24) is 24.4 Å². The Labute approximate surface area is 197 Å². The lowest BCUT2D eigenvalue weighted by atomic mass is 10.2. The van der Waals surface area contributed by atoms with Gasteiger partial charge in [-0.3, -0.25) is 9.59 Å². The number of carbonyl (C=O) groups is 1. The molecule has 0 bridgehead atoms. The number of hydrogen-bond donors (Lipinski definition) is 3. The maximum atomic E-state index is 13.6. The van der Waals surface area contributed by atoms with Gasteiger partial charge in [-0.25, -0.2) is 14.4 Å². The van der Waals surface area contributed by atoms with Crippen molar-refractivity contribution < 1.29 is 13.3 Å². The maximum Gasteiger partial charge on any atom is 0.262 e. The Kier molecular flexibility index (Phi) is 5.03. The number of rotatable bonds is 6. The largest absolute Gasteiger partial charge is 0.355 e. The molecule has 0 aromatic carbocycles. The predicted octanol–water partition coefficient (Wildman–Crippen LogP) is 3.79. The van der Waals surface area contributed by atoms with Crippen LogP contribution in [0.2, 0.25) is 5.02 Å². The van der Waals surface area contributed by atoms with Gasteiger partial charge in [0.05, 0.1) is 27.2 Å². The third-order valence-electron chi connectivity index (χ3n) is 4.98. The van der Waals surface area contributed by atoms with E-state index in [0.717, 1.165) is 6.07 Å². The monoisotopic (exact) mass is 472 g/mol. The van der Waals surface area contributed by atoms with Gasteiger partial charge in [0.2, 0.25) is 0 Å². The summed E-state index contributed by atoms with van der Waals surface area (Å²) in [5, 5.41) is 8.35. The molecule has 9 nitrogen and oxygen atoms in total. The van der Waals surface area contributed by atoms with E-state index < -0.39 is 18.7 Å². The number of hydrogen-bond acceptors (Lipinski definition) is 6. The summed E-state index contributed by atoms with van der Waals surface area (Å²) < 4.78 is 38.8. The van der Waals surface area contributed by atoms with Crippen LogP contribution in [0.25, 0.3) is 10.9 Å². The minimum Gasteiger partial charge on any atom is -0.355 e. The second-order valence-corrected chi connectivity index (χ2v) is 7.51. The predicted molar refractivity (Wildman–Crippen MR) is 126 cm³/mol. The van der Waals surface area contributed by atoms with Crippen LogP contribution >= 0.6 is 11.6 Å². The first-order chi connectivity index (χ1) is 17.0. The molecule has 0 aliphatic rings. The van der Waals surface area contributed by atoms with Crippen molar-refractivity contribution in [2.45, 2.75) is 13.5 Å². The summed E-state index contributed by atoms with van der Waals surface area (Å²) in [6.07, 6.45) is 4.42. The molecule has 11 heteroatoms. The Morgan fingerprint density at radius 3 is 2.79 bits per heavy atom. The third-order valence-corrected chi connectivity index (χ3v) is 5.25. The zero-order valence-electron chi connectivity index (χ0n) is 20.6. The summed E-state index contributed by atoms with van der Waals surface area (Å²) >= 11 is 6.42. The fourth-order valence-electron chi connectivity index (χ4n) is 3.47. The topological polar surface area (TPSA) is 106 Å². The summed E-state index contributed by atoms with van der Waals surface area (Å²) in [6, 6.07) is 5.10. The van der Waals surface area contributed by atoms with E-state index in [1.54, 1.807) is 30.9 Å². The Morgan fingerprint density at radius 1 is 1.24 bits per heavy atom. The van der Waals surface area contributed by atoms with Crippen LogP contribution in [-0.2, 0) is 13.6 Å². The molecule has 0 unspecified atom stereocenters. The lowest BCUT2D eigenvalue weighted by molar-refractivity contribution is 0.0963. The summed E-state index contributed by atoms with van der Waals surface area (Å²) in [7, 11) is 1.71. The number of amides is 1. The van der Waals surface area contributed by atoms with Gasteiger partial charge in [-0.15, -0.1) is 0 Å². The van der Waals surface area contributed by atoms with E-state index in [1.165, 1.54) is 29.0 Å². The first kappa shape index (κ1) is 18.6. The molecule has 4 heterocycles. The molecule has 0 aliphatic carbocycles. The van der Waals surface area contributed by atoms with E-state index in [9.17, 15) is 14.0 Å². The standard InChI is InChI=1S/C22H21ClFN7O2/c1-4-31-10-14(23)19-18(22(31)33)15(11-30(19)3)27-20-13(21(32)25-2)5-6-16(29-20)28-17-9-12(24)7-8-26-17/h5-11H,4H2,1-3H3,(H,25,32)(H2,26,27,28,29)/i2D3. The molecule has 4 rings (SSSR count). The van der Waals surface area contributed by atoms with Crippen LogP contribution in [0.1, 0.15) is 21.4 Å². The van der Waals surface area contributed by atoms with Crippen molar-refractivity contribution in [2.75, 3.05) is 17.6 Å². The Hall–Kier alpha value is -3.92. The van der Waals surface area contributed by atoms with E-state index >= 15 is 0 Å². The molecule has 170 valence electrons. The molecular weight excluding hydrogens is 449 g/mol. The average Bonchev–Trinajstić information content (AvgIpc) is 3.11. The molecule has 0 atom stereocenters. The van der Waals surface area contributed by atoms with E-state index in [2.05, 4.69) is 20.6 Å². The fourth-order valence-corrected chi connectivity index (χ4v) is 3.81. The lowest BCUT2D eigenvalue weighted by Crippen LogP contribution is -2.21. The van der Waals surface area contributed by atoms with Gasteiger partial charge in [0.25, 0.3) is 11.5 Å². The van der Waals surface area contributed by atoms with Gasteiger partial charge in [0.1, 0.15) is 23.3 Å². The molecular formula is C22H21ClFN7O2. The smallest absolute Gasteiger partial charge is 0.262 e. The number of nitrogens with zero attached hydrogens (tertiary/aromatic N) is 4. The average molecular weight is 473 g/mol. The Balaban J connectivity index is 1.83.